The average Bonchev–Trinajstić information content (AvgIpc) is 3.43. The van der Waals surface area contributed by atoms with Crippen LogP contribution in [-0.2, 0) is 0 Å². The highest BCUT2D eigenvalue weighted by Crippen LogP contribution is 2.46. The highest BCUT2D eigenvalue weighted by Gasteiger charge is 2.47. The van der Waals surface area contributed by atoms with E-state index in [1.165, 1.54) is 12.8 Å². The van der Waals surface area contributed by atoms with Crippen LogP contribution in [-0.4, -0.2) is 18.5 Å². The molecule has 0 aromatic rings. The first-order valence-corrected chi connectivity index (χ1v) is 18.9. The average molecular weight is 727 g/mol. The van der Waals surface area contributed by atoms with Gasteiger partial charge in [-0.1, -0.05) is 122 Å². The van der Waals surface area contributed by atoms with Crippen molar-refractivity contribution in [3.63, 3.8) is 0 Å². The van der Waals surface area contributed by atoms with E-state index in [2.05, 4.69) is 20.8 Å². The maximum absolute atomic E-state index is 12.4. The highest BCUT2D eigenvalue weighted by molar-refractivity contribution is 4.84. The summed E-state index contributed by atoms with van der Waals surface area (Å²) in [7, 11) is 0. The van der Waals surface area contributed by atoms with Gasteiger partial charge in [-0.2, -0.15) is 39.5 Å². The van der Waals surface area contributed by atoms with Gasteiger partial charge in [0.05, 0.1) is 17.8 Å². The molecule has 4 saturated carbocycles. The van der Waals surface area contributed by atoms with Gasteiger partial charge in [0.2, 0.25) is 0 Å². The molecule has 0 bridgehead atoms. The van der Waals surface area contributed by atoms with Gasteiger partial charge in [-0.15, -0.1) is 0 Å². The highest BCUT2D eigenvalue weighted by atomic mass is 19.4. The molecule has 4 rings (SSSR count). The molecule has 0 N–H and O–H groups in total. The van der Waals surface area contributed by atoms with Gasteiger partial charge >= 0.3 is 18.5 Å². The minimum Gasteiger partial charge on any atom is -0.171 e. The van der Waals surface area contributed by atoms with Gasteiger partial charge in [0.25, 0.3) is 0 Å². The van der Waals surface area contributed by atoms with Crippen molar-refractivity contribution in [2.75, 3.05) is 0 Å². The van der Waals surface area contributed by atoms with Crippen LogP contribution < -0.4 is 0 Å². The van der Waals surface area contributed by atoms with Crippen molar-refractivity contribution in [2.45, 2.75) is 179 Å². The van der Waals surface area contributed by atoms with Crippen molar-refractivity contribution >= 4 is 0 Å². The minimum absolute atomic E-state index is 0.176. The van der Waals surface area contributed by atoms with E-state index in [0.29, 0.717) is 25.7 Å². The molecule has 9 heteroatoms. The Balaban J connectivity index is 0.000000620. The first kappa shape index (κ1) is 44.5. The molecule has 4 aliphatic carbocycles. The van der Waals surface area contributed by atoms with Crippen LogP contribution in [0.25, 0.3) is 0 Å². The molecule has 0 amide bonds. The lowest BCUT2D eigenvalue weighted by Crippen LogP contribution is -2.35. The van der Waals surface area contributed by atoms with E-state index in [0.717, 1.165) is 43.4 Å². The van der Waals surface area contributed by atoms with E-state index in [1.807, 2.05) is 48.5 Å². The van der Waals surface area contributed by atoms with Crippen molar-refractivity contribution in [2.24, 2.45) is 76.4 Å². The lowest BCUT2D eigenvalue weighted by Gasteiger charge is -2.35. The Hall–Kier alpha value is -0.630. The zero-order valence-corrected chi connectivity index (χ0v) is 32.9. The Morgan fingerprint density at radius 1 is 0.469 bits per heavy atom. The van der Waals surface area contributed by atoms with E-state index in [1.54, 1.807) is 20.8 Å². The molecule has 8 unspecified atom stereocenters. The second-order valence-corrected chi connectivity index (χ2v) is 17.7. The second-order valence-electron chi connectivity index (χ2n) is 17.7. The predicted molar refractivity (Wildman–Crippen MR) is 187 cm³/mol. The molecule has 296 valence electrons. The van der Waals surface area contributed by atoms with Gasteiger partial charge in [-0.3, -0.25) is 0 Å². The summed E-state index contributed by atoms with van der Waals surface area (Å²) in [4.78, 5) is 0. The smallest absolute Gasteiger partial charge is 0.171 e. The van der Waals surface area contributed by atoms with Crippen molar-refractivity contribution in [3.8, 4) is 0 Å². The van der Waals surface area contributed by atoms with E-state index < -0.39 is 42.7 Å². The topological polar surface area (TPSA) is 0 Å². The second kappa shape index (κ2) is 20.6. The number of alkyl halides is 9. The monoisotopic (exact) mass is 727 g/mol. The summed E-state index contributed by atoms with van der Waals surface area (Å²) in [6, 6.07) is 0. The standard InChI is InChI=1S/2C9H15F3.C8H13F3.C8H16.C6H14/c1-6-3-7(2)5-8(4-6)9(10,11)12;1-6-4-3-5-8(7(6)2)9(10,11)12;1-5-3-6(2)7(4-5)8(9,10)11;1-6-4-5-7(2)8(6)3;1-5-6(2,3)4/h2*6-8H,3-5H2,1-2H3;5-7H,3-4H2,1-2H3;6-8H,4-5H2,1-3H3;5H2,1-4H3/t6-,7?,8?;6?,7-,8?;5-,6?,7?;;/m010../s1/i;;;;5D2. The quantitative estimate of drug-likeness (QED) is 0.218. The molecule has 0 saturated heterocycles. The summed E-state index contributed by atoms with van der Waals surface area (Å²) in [5, 5.41) is 0. The van der Waals surface area contributed by atoms with Crippen molar-refractivity contribution in [1.82, 2.24) is 0 Å². The first-order valence-electron chi connectivity index (χ1n) is 19.9. The Morgan fingerprint density at radius 3 is 1.10 bits per heavy atom. The zero-order valence-electron chi connectivity index (χ0n) is 34.9. The number of halogens is 9. The predicted octanol–water partition coefficient (Wildman–Crippen LogP) is 15.6. The van der Waals surface area contributed by atoms with Crippen LogP contribution in [0.4, 0.5) is 39.5 Å². The van der Waals surface area contributed by atoms with Gasteiger partial charge in [0, 0.05) is 2.74 Å². The van der Waals surface area contributed by atoms with Crippen molar-refractivity contribution in [1.29, 1.82) is 0 Å². The Morgan fingerprint density at radius 2 is 0.857 bits per heavy atom. The van der Waals surface area contributed by atoms with Crippen LogP contribution in [0.5, 0.6) is 0 Å². The van der Waals surface area contributed by atoms with E-state index in [-0.39, 0.29) is 40.9 Å². The van der Waals surface area contributed by atoms with Crippen LogP contribution in [0.15, 0.2) is 0 Å². The van der Waals surface area contributed by atoms with Crippen molar-refractivity contribution in [3.05, 3.63) is 0 Å². The maximum atomic E-state index is 12.4. The van der Waals surface area contributed by atoms with E-state index in [9.17, 15) is 39.5 Å². The fourth-order valence-electron chi connectivity index (χ4n) is 7.89. The third-order valence-corrected chi connectivity index (χ3v) is 11.9. The fourth-order valence-corrected chi connectivity index (χ4v) is 7.89. The van der Waals surface area contributed by atoms with Gasteiger partial charge in [0.1, 0.15) is 0 Å². The summed E-state index contributed by atoms with van der Waals surface area (Å²) in [6.45, 7) is 25.5. The summed E-state index contributed by atoms with van der Waals surface area (Å²) >= 11 is 0. The minimum atomic E-state index is -3.98. The summed E-state index contributed by atoms with van der Waals surface area (Å²) in [6.07, 6.45) is -5.39. The maximum Gasteiger partial charge on any atom is 0.392 e. The lowest BCUT2D eigenvalue weighted by molar-refractivity contribution is -0.199. The third kappa shape index (κ3) is 19.1. The van der Waals surface area contributed by atoms with Gasteiger partial charge < -0.3 is 0 Å². The molecular weight excluding hydrogens is 651 g/mol. The number of hydrogen-bond donors (Lipinski definition) is 0. The molecule has 0 aromatic carbocycles. The van der Waals surface area contributed by atoms with E-state index >= 15 is 0 Å². The van der Waals surface area contributed by atoms with Gasteiger partial charge in [-0.05, 0) is 97.2 Å². The molecule has 0 nitrogen and oxygen atoms in total. The fraction of sp³-hybridized carbons (Fsp3) is 1.00. The van der Waals surface area contributed by atoms with Crippen LogP contribution in [0.2, 0.25) is 0 Å². The molecule has 11 atom stereocenters. The Labute approximate surface area is 297 Å². The van der Waals surface area contributed by atoms with Gasteiger partial charge in [-0.25, -0.2) is 0 Å². The summed E-state index contributed by atoms with van der Waals surface area (Å²) < 4.78 is 125. The molecular formula is C40H73F9. The molecule has 0 heterocycles. The van der Waals surface area contributed by atoms with E-state index in [4.69, 9.17) is 2.74 Å². The van der Waals surface area contributed by atoms with Crippen molar-refractivity contribution < 1.29 is 42.3 Å². The number of rotatable bonds is 0. The normalized spacial score (nSPS) is 37.8. The zero-order chi connectivity index (χ0) is 40.5. The number of hydrogen-bond acceptors (Lipinski definition) is 0. The van der Waals surface area contributed by atoms with Crippen LogP contribution >= 0.6 is 0 Å². The van der Waals surface area contributed by atoms with Gasteiger partial charge in [0.15, 0.2) is 0 Å². The molecule has 0 radical (unpaired) electrons. The third-order valence-electron chi connectivity index (χ3n) is 11.9. The Bertz CT molecular complexity index is 916. The van der Waals surface area contributed by atoms with Crippen LogP contribution in [0.1, 0.15) is 163 Å². The molecule has 0 aliphatic heterocycles. The molecule has 0 spiro atoms. The van der Waals surface area contributed by atoms with Crippen LogP contribution in [0, 0.1) is 76.4 Å². The molecule has 4 fully saturated rings. The molecule has 49 heavy (non-hydrogen) atoms. The molecule has 4 aliphatic rings. The molecule has 0 aromatic heterocycles. The summed E-state index contributed by atoms with van der Waals surface area (Å²) in [5.41, 5.74) is -0.229. The largest absolute Gasteiger partial charge is 0.392 e. The Kier molecular flexibility index (Phi) is 18.7. The SMILES string of the molecule is CC1CC(C(F)(F)F)C[C@@H](C)C1.CC1CCC(C)C1C.CC1CCCC(C(F)(F)F)[C@@H]1C.CC1C[C@H](C)CC1C(F)(F)F.[2H]C([2H])(C)C(C)(C)C. The first-order chi connectivity index (χ1) is 22.7. The van der Waals surface area contributed by atoms with Crippen LogP contribution in [0.3, 0.4) is 0 Å². The lowest BCUT2D eigenvalue weighted by atomic mass is 9.73. The summed E-state index contributed by atoms with van der Waals surface area (Å²) in [5.74, 6) is 0.395.